The predicted molar refractivity (Wildman–Crippen MR) is 126 cm³/mol. The second-order valence-electron chi connectivity index (χ2n) is 8.05. The molecule has 0 aliphatic heterocycles. The molecule has 0 spiro atoms. The van der Waals surface area contributed by atoms with E-state index in [1.807, 2.05) is 73.8 Å². The van der Waals surface area contributed by atoms with Crippen LogP contribution < -0.4 is 15.4 Å². The summed E-state index contributed by atoms with van der Waals surface area (Å²) in [7, 11) is 1.63. The van der Waals surface area contributed by atoms with Crippen LogP contribution in [-0.2, 0) is 10.2 Å². The number of hydrogen-bond donors (Lipinski definition) is 2. The van der Waals surface area contributed by atoms with Crippen molar-refractivity contribution in [3.05, 3.63) is 84.4 Å². The number of carbonyl (C=O) groups excluding carboxylic acids is 1. The van der Waals surface area contributed by atoms with Gasteiger partial charge in [-0.2, -0.15) is 5.10 Å². The Kier molecular flexibility index (Phi) is 5.26. The number of benzene rings is 2. The molecule has 2 aromatic carbocycles. The minimum absolute atomic E-state index is 0.0111. The average Bonchev–Trinajstić information content (AvgIpc) is 3.45. The highest BCUT2D eigenvalue weighted by Crippen LogP contribution is 2.52. The molecule has 0 radical (unpaired) electrons. The normalized spacial score (nSPS) is 13.9. The molecule has 33 heavy (non-hydrogen) atoms. The van der Waals surface area contributed by atoms with Crippen LogP contribution in [-0.4, -0.2) is 32.8 Å². The van der Waals surface area contributed by atoms with E-state index in [0.717, 1.165) is 35.5 Å². The highest BCUT2D eigenvalue weighted by atomic mass is 16.5. The van der Waals surface area contributed by atoms with Gasteiger partial charge in [0, 0.05) is 35.4 Å². The minimum Gasteiger partial charge on any atom is -0.496 e. The summed E-state index contributed by atoms with van der Waals surface area (Å²) >= 11 is 0. The van der Waals surface area contributed by atoms with Gasteiger partial charge in [0.05, 0.1) is 12.5 Å². The van der Waals surface area contributed by atoms with Crippen molar-refractivity contribution in [2.45, 2.75) is 25.2 Å². The molecular weight excluding hydrogens is 416 g/mol. The Morgan fingerprint density at radius 1 is 1.03 bits per heavy atom. The van der Waals surface area contributed by atoms with Crippen LogP contribution in [0.1, 0.15) is 24.2 Å². The highest BCUT2D eigenvalue weighted by molar-refractivity contribution is 6.02. The third kappa shape index (κ3) is 4.15. The summed E-state index contributed by atoms with van der Waals surface area (Å²) in [5, 5.41) is 10.6. The Balaban J connectivity index is 1.29. The van der Waals surface area contributed by atoms with Gasteiger partial charge in [-0.15, -0.1) is 0 Å². The van der Waals surface area contributed by atoms with Crippen molar-refractivity contribution in [2.75, 3.05) is 17.7 Å². The molecule has 5 rings (SSSR count). The van der Waals surface area contributed by atoms with Crippen molar-refractivity contribution in [1.29, 1.82) is 0 Å². The fourth-order valence-electron chi connectivity index (χ4n) is 3.96. The van der Waals surface area contributed by atoms with Crippen molar-refractivity contribution in [3.63, 3.8) is 0 Å². The van der Waals surface area contributed by atoms with E-state index in [-0.39, 0.29) is 5.91 Å². The number of anilines is 3. The van der Waals surface area contributed by atoms with Gasteiger partial charge in [-0.3, -0.25) is 4.79 Å². The summed E-state index contributed by atoms with van der Waals surface area (Å²) in [4.78, 5) is 22.0. The molecule has 166 valence electrons. The standard InChI is InChI=1S/C25H24N6O2/c1-17-27-22(16-23(28-17)31-15-5-14-26-31)29-18-8-10-19(11-9-18)30-24(32)25(12-13-25)20-6-3-4-7-21(20)33-2/h3-11,14-16H,12-13H2,1-2H3,(H,30,32)(H,27,28,29). The fourth-order valence-corrected chi connectivity index (χ4v) is 3.96. The zero-order valence-corrected chi connectivity index (χ0v) is 18.4. The summed E-state index contributed by atoms with van der Waals surface area (Å²) < 4.78 is 7.17. The molecule has 1 aliphatic rings. The van der Waals surface area contributed by atoms with Crippen LogP contribution >= 0.6 is 0 Å². The lowest BCUT2D eigenvalue weighted by atomic mass is 9.94. The lowest BCUT2D eigenvalue weighted by molar-refractivity contribution is -0.118. The molecule has 2 N–H and O–H groups in total. The molecule has 8 nitrogen and oxygen atoms in total. The smallest absolute Gasteiger partial charge is 0.235 e. The van der Waals surface area contributed by atoms with Crippen molar-refractivity contribution >= 4 is 23.1 Å². The van der Waals surface area contributed by atoms with Gasteiger partial charge >= 0.3 is 0 Å². The Morgan fingerprint density at radius 3 is 2.48 bits per heavy atom. The third-order valence-electron chi connectivity index (χ3n) is 5.79. The first-order valence-corrected chi connectivity index (χ1v) is 10.8. The monoisotopic (exact) mass is 440 g/mol. The van der Waals surface area contributed by atoms with Crippen LogP contribution in [0.2, 0.25) is 0 Å². The number of nitrogens with zero attached hydrogens (tertiary/aromatic N) is 4. The number of methoxy groups -OCH3 is 1. The van der Waals surface area contributed by atoms with E-state index in [1.165, 1.54) is 0 Å². The average molecular weight is 441 g/mol. The van der Waals surface area contributed by atoms with Crippen molar-refractivity contribution in [1.82, 2.24) is 19.7 Å². The molecule has 2 heterocycles. The first-order chi connectivity index (χ1) is 16.1. The number of hydrogen-bond acceptors (Lipinski definition) is 6. The van der Waals surface area contributed by atoms with Gasteiger partial charge in [-0.1, -0.05) is 18.2 Å². The maximum absolute atomic E-state index is 13.1. The van der Waals surface area contributed by atoms with E-state index < -0.39 is 5.41 Å². The number of ether oxygens (including phenoxy) is 1. The Morgan fingerprint density at radius 2 is 1.79 bits per heavy atom. The van der Waals surface area contributed by atoms with Crippen LogP contribution in [0.25, 0.3) is 5.82 Å². The Bertz CT molecular complexity index is 1280. The molecule has 2 aromatic heterocycles. The molecule has 8 heteroatoms. The van der Waals surface area contributed by atoms with E-state index in [1.54, 1.807) is 18.0 Å². The maximum Gasteiger partial charge on any atom is 0.235 e. The van der Waals surface area contributed by atoms with E-state index in [9.17, 15) is 4.79 Å². The lowest BCUT2D eigenvalue weighted by Gasteiger charge is -2.18. The molecule has 1 saturated carbocycles. The number of amides is 1. The second-order valence-corrected chi connectivity index (χ2v) is 8.05. The second kappa shape index (κ2) is 8.38. The zero-order valence-electron chi connectivity index (χ0n) is 18.4. The minimum atomic E-state index is -0.523. The SMILES string of the molecule is COc1ccccc1C1(C(=O)Nc2ccc(Nc3cc(-n4cccn4)nc(C)n3)cc2)CC1. The van der Waals surface area contributed by atoms with Crippen LogP contribution in [0.4, 0.5) is 17.2 Å². The molecule has 0 atom stereocenters. The van der Waals surface area contributed by atoms with Gasteiger partial charge in [0.2, 0.25) is 5.91 Å². The van der Waals surface area contributed by atoms with Crippen molar-refractivity contribution < 1.29 is 9.53 Å². The predicted octanol–water partition coefficient (Wildman–Crippen LogP) is 4.39. The summed E-state index contributed by atoms with van der Waals surface area (Å²) in [5.74, 6) is 2.73. The molecule has 0 saturated heterocycles. The molecule has 4 aromatic rings. The van der Waals surface area contributed by atoms with Crippen LogP contribution in [0.3, 0.4) is 0 Å². The van der Waals surface area contributed by atoms with E-state index in [4.69, 9.17) is 4.74 Å². The summed E-state index contributed by atoms with van der Waals surface area (Å²) in [6.45, 7) is 1.84. The quantitative estimate of drug-likeness (QED) is 0.443. The molecule has 0 unspecified atom stereocenters. The fraction of sp³-hybridized carbons (Fsp3) is 0.200. The van der Waals surface area contributed by atoms with Crippen molar-refractivity contribution in [2.24, 2.45) is 0 Å². The Hall–Kier alpha value is -4.20. The van der Waals surface area contributed by atoms with Crippen LogP contribution in [0.5, 0.6) is 5.75 Å². The molecular formula is C25H24N6O2. The van der Waals surface area contributed by atoms with Gasteiger partial charge in [0.1, 0.15) is 17.4 Å². The number of nitrogens with one attached hydrogen (secondary N) is 2. The number of aromatic nitrogens is 4. The van der Waals surface area contributed by atoms with Crippen molar-refractivity contribution in [3.8, 4) is 11.6 Å². The lowest BCUT2D eigenvalue weighted by Crippen LogP contribution is -2.28. The van der Waals surface area contributed by atoms with Gasteiger partial charge in [-0.05, 0) is 56.2 Å². The number of aryl methyl sites for hydroxylation is 1. The first kappa shape index (κ1) is 20.7. The van der Waals surface area contributed by atoms with E-state index >= 15 is 0 Å². The summed E-state index contributed by atoms with van der Waals surface area (Å²) in [6.07, 6.45) is 5.16. The number of para-hydroxylation sites is 1. The van der Waals surface area contributed by atoms with Crippen LogP contribution in [0, 0.1) is 6.92 Å². The van der Waals surface area contributed by atoms with Gasteiger partial charge < -0.3 is 15.4 Å². The molecule has 0 bridgehead atoms. The summed E-state index contributed by atoms with van der Waals surface area (Å²) in [6, 6.07) is 19.0. The van der Waals surface area contributed by atoms with E-state index in [2.05, 4.69) is 25.7 Å². The van der Waals surface area contributed by atoms with Crippen LogP contribution in [0.15, 0.2) is 73.1 Å². The zero-order chi connectivity index (χ0) is 22.8. The number of carbonyl (C=O) groups is 1. The summed E-state index contributed by atoms with van der Waals surface area (Å²) in [5.41, 5.74) is 2.01. The first-order valence-electron chi connectivity index (χ1n) is 10.8. The molecule has 1 amide bonds. The number of rotatable bonds is 7. The third-order valence-corrected chi connectivity index (χ3v) is 5.79. The molecule has 1 fully saturated rings. The van der Waals surface area contributed by atoms with Gasteiger partial charge in [0.25, 0.3) is 0 Å². The molecule has 1 aliphatic carbocycles. The largest absolute Gasteiger partial charge is 0.496 e. The topological polar surface area (TPSA) is 94.0 Å². The highest BCUT2D eigenvalue weighted by Gasteiger charge is 2.52. The Labute approximate surface area is 191 Å². The maximum atomic E-state index is 13.1. The van der Waals surface area contributed by atoms with E-state index in [0.29, 0.717) is 17.5 Å². The van der Waals surface area contributed by atoms with Gasteiger partial charge in [-0.25, -0.2) is 14.6 Å². The van der Waals surface area contributed by atoms with Gasteiger partial charge in [0.15, 0.2) is 5.82 Å².